The normalized spacial score (nSPS) is 9.95. The number of halogens is 1. The van der Waals surface area contributed by atoms with Crippen LogP contribution < -0.4 is 0 Å². The average Bonchev–Trinajstić information content (AvgIpc) is 2.81. The molecule has 19 heavy (non-hydrogen) atoms. The van der Waals surface area contributed by atoms with Gasteiger partial charge in [0.2, 0.25) is 0 Å². The van der Waals surface area contributed by atoms with Gasteiger partial charge in [-0.25, -0.2) is 9.78 Å². The highest BCUT2D eigenvalue weighted by molar-refractivity contribution is 7.17. The van der Waals surface area contributed by atoms with Gasteiger partial charge in [0.15, 0.2) is 4.47 Å². The highest BCUT2D eigenvalue weighted by atomic mass is 35.5. The van der Waals surface area contributed by atoms with Crippen LogP contribution >= 0.6 is 22.9 Å². The number of hydrogen-bond acceptors (Lipinski definition) is 5. The first kappa shape index (κ1) is 13.5. The van der Waals surface area contributed by atoms with Crippen molar-refractivity contribution in [3.05, 3.63) is 39.2 Å². The van der Waals surface area contributed by atoms with E-state index in [2.05, 4.69) is 4.98 Å². The maximum atomic E-state index is 11.8. The summed E-state index contributed by atoms with van der Waals surface area (Å²) in [6.07, 6.45) is 0. The maximum Gasteiger partial charge on any atom is 0.350 e. The number of hydrogen-bond donors (Lipinski definition) is 0. The third-order valence-corrected chi connectivity index (χ3v) is 3.49. The highest BCUT2D eigenvalue weighted by Gasteiger charge is 2.19. The molecule has 0 radical (unpaired) electrons. The minimum atomic E-state index is -0.439. The Morgan fingerprint density at radius 2 is 2.16 bits per heavy atom. The molecule has 0 atom stereocenters. The van der Waals surface area contributed by atoms with Crippen molar-refractivity contribution in [3.8, 4) is 17.3 Å². The highest BCUT2D eigenvalue weighted by Crippen LogP contribution is 2.31. The number of nitrogens with zero attached hydrogens (tertiary/aromatic N) is 2. The van der Waals surface area contributed by atoms with Crippen LogP contribution in [0.4, 0.5) is 0 Å². The zero-order chi connectivity index (χ0) is 13.8. The molecule has 0 spiro atoms. The summed E-state index contributed by atoms with van der Waals surface area (Å²) in [5.74, 6) is -0.439. The number of esters is 1. The number of ether oxygens (including phenoxy) is 1. The molecule has 1 heterocycles. The summed E-state index contributed by atoms with van der Waals surface area (Å²) in [7, 11) is 0. The summed E-state index contributed by atoms with van der Waals surface area (Å²) in [5.41, 5.74) is 1.76. The van der Waals surface area contributed by atoms with Crippen LogP contribution in [-0.2, 0) is 4.74 Å². The molecule has 96 valence electrons. The first-order valence-electron chi connectivity index (χ1n) is 5.49. The van der Waals surface area contributed by atoms with Crippen molar-refractivity contribution in [1.82, 2.24) is 4.98 Å². The standard InChI is InChI=1S/C13H9ClN2O2S/c1-2-18-12(17)11-10(16-13(14)19-11)9-5-3-8(7-15)4-6-9/h3-6H,2H2,1H3. The maximum absolute atomic E-state index is 11.8. The molecule has 0 bridgehead atoms. The molecule has 0 aliphatic carbocycles. The number of aromatic nitrogens is 1. The Kier molecular flexibility index (Phi) is 4.15. The Bertz CT molecular complexity index is 644. The Balaban J connectivity index is 2.43. The molecule has 0 aliphatic rings. The topological polar surface area (TPSA) is 63.0 Å². The van der Waals surface area contributed by atoms with Crippen LogP contribution in [0.25, 0.3) is 11.3 Å². The minimum absolute atomic E-state index is 0.280. The number of carbonyl (C=O) groups is 1. The summed E-state index contributed by atoms with van der Waals surface area (Å²) in [6, 6.07) is 8.82. The van der Waals surface area contributed by atoms with Crippen molar-refractivity contribution < 1.29 is 9.53 Å². The van der Waals surface area contributed by atoms with Gasteiger partial charge in [0.1, 0.15) is 4.88 Å². The Hall–Kier alpha value is -1.90. The molecule has 0 aliphatic heterocycles. The lowest BCUT2D eigenvalue weighted by Crippen LogP contribution is -2.03. The second-order valence-electron chi connectivity index (χ2n) is 3.55. The third kappa shape index (κ3) is 2.92. The molecule has 1 aromatic carbocycles. The average molecular weight is 293 g/mol. The van der Waals surface area contributed by atoms with Crippen LogP contribution in [0.3, 0.4) is 0 Å². The molecule has 1 aromatic heterocycles. The molecule has 0 saturated heterocycles. The van der Waals surface area contributed by atoms with Gasteiger partial charge in [-0.15, -0.1) is 0 Å². The van der Waals surface area contributed by atoms with Crippen molar-refractivity contribution in [2.24, 2.45) is 0 Å². The zero-order valence-electron chi connectivity index (χ0n) is 10.0. The van der Waals surface area contributed by atoms with Gasteiger partial charge < -0.3 is 4.74 Å². The fourth-order valence-corrected chi connectivity index (χ4v) is 2.55. The van der Waals surface area contributed by atoms with Gasteiger partial charge in [0.05, 0.1) is 23.9 Å². The van der Waals surface area contributed by atoms with E-state index in [9.17, 15) is 4.79 Å². The summed E-state index contributed by atoms with van der Waals surface area (Å²) in [5, 5.41) is 8.76. The smallest absolute Gasteiger partial charge is 0.350 e. The van der Waals surface area contributed by atoms with Crippen molar-refractivity contribution in [2.75, 3.05) is 6.61 Å². The molecule has 0 unspecified atom stereocenters. The lowest BCUT2D eigenvalue weighted by molar-refractivity contribution is 0.0532. The van der Waals surface area contributed by atoms with Crippen LogP contribution in [0, 0.1) is 11.3 Å². The fourth-order valence-electron chi connectivity index (χ4n) is 1.53. The van der Waals surface area contributed by atoms with Crippen molar-refractivity contribution in [3.63, 3.8) is 0 Å². The van der Waals surface area contributed by atoms with Crippen LogP contribution in [0.15, 0.2) is 24.3 Å². The number of benzene rings is 1. The van der Waals surface area contributed by atoms with Crippen molar-refractivity contribution in [2.45, 2.75) is 6.92 Å². The fraction of sp³-hybridized carbons (Fsp3) is 0.154. The quantitative estimate of drug-likeness (QED) is 0.812. The van der Waals surface area contributed by atoms with Crippen LogP contribution in [-0.4, -0.2) is 17.6 Å². The molecule has 6 heteroatoms. The van der Waals surface area contributed by atoms with Crippen molar-refractivity contribution >= 4 is 28.9 Å². The van der Waals surface area contributed by atoms with E-state index in [4.69, 9.17) is 21.6 Å². The number of rotatable bonds is 3. The van der Waals surface area contributed by atoms with Crippen LogP contribution in [0.2, 0.25) is 4.47 Å². The first-order valence-corrected chi connectivity index (χ1v) is 6.69. The lowest BCUT2D eigenvalue weighted by Gasteiger charge is -2.02. The van der Waals surface area contributed by atoms with E-state index < -0.39 is 5.97 Å². The largest absolute Gasteiger partial charge is 0.462 e. The minimum Gasteiger partial charge on any atom is -0.462 e. The summed E-state index contributed by atoms with van der Waals surface area (Å²) in [4.78, 5) is 16.3. The van der Waals surface area contributed by atoms with E-state index in [1.807, 2.05) is 6.07 Å². The molecule has 0 saturated carbocycles. The summed E-state index contributed by atoms with van der Waals surface area (Å²) < 4.78 is 5.25. The summed E-state index contributed by atoms with van der Waals surface area (Å²) in [6.45, 7) is 2.03. The number of thiazole rings is 1. The van der Waals surface area contributed by atoms with Gasteiger partial charge in [-0.1, -0.05) is 35.1 Å². The SMILES string of the molecule is CCOC(=O)c1sc(Cl)nc1-c1ccc(C#N)cc1. The zero-order valence-corrected chi connectivity index (χ0v) is 11.6. The van der Waals surface area contributed by atoms with Gasteiger partial charge >= 0.3 is 5.97 Å². The number of nitriles is 1. The first-order chi connectivity index (χ1) is 9.15. The van der Waals surface area contributed by atoms with E-state index in [0.717, 1.165) is 16.9 Å². The van der Waals surface area contributed by atoms with E-state index in [1.165, 1.54) is 0 Å². The van der Waals surface area contributed by atoms with E-state index in [1.54, 1.807) is 31.2 Å². The predicted octanol–water partition coefficient (Wildman–Crippen LogP) is 3.51. The summed E-state index contributed by atoms with van der Waals surface area (Å²) >= 11 is 6.95. The molecular formula is C13H9ClN2O2S. The van der Waals surface area contributed by atoms with Gasteiger partial charge in [-0.2, -0.15) is 5.26 Å². The Morgan fingerprint density at radius 3 is 2.74 bits per heavy atom. The number of carbonyl (C=O) groups excluding carboxylic acids is 1. The molecule has 4 nitrogen and oxygen atoms in total. The van der Waals surface area contributed by atoms with E-state index in [-0.39, 0.29) is 4.47 Å². The second kappa shape index (κ2) is 5.83. The molecule has 2 rings (SSSR count). The monoisotopic (exact) mass is 292 g/mol. The van der Waals surface area contributed by atoms with E-state index >= 15 is 0 Å². The lowest BCUT2D eigenvalue weighted by atomic mass is 10.1. The van der Waals surface area contributed by atoms with Gasteiger partial charge in [-0.05, 0) is 19.1 Å². The van der Waals surface area contributed by atoms with Gasteiger partial charge in [-0.3, -0.25) is 0 Å². The van der Waals surface area contributed by atoms with Crippen molar-refractivity contribution in [1.29, 1.82) is 5.26 Å². The third-order valence-electron chi connectivity index (χ3n) is 2.35. The van der Waals surface area contributed by atoms with Crippen LogP contribution in [0.1, 0.15) is 22.2 Å². The van der Waals surface area contributed by atoms with Crippen LogP contribution in [0.5, 0.6) is 0 Å². The Morgan fingerprint density at radius 1 is 1.47 bits per heavy atom. The molecule has 0 N–H and O–H groups in total. The Labute approximate surface area is 119 Å². The molecule has 2 aromatic rings. The molecule has 0 fully saturated rings. The molecule has 0 amide bonds. The van der Waals surface area contributed by atoms with Gasteiger partial charge in [0, 0.05) is 5.56 Å². The molecular weight excluding hydrogens is 284 g/mol. The predicted molar refractivity (Wildman–Crippen MR) is 73.2 cm³/mol. The van der Waals surface area contributed by atoms with E-state index in [0.29, 0.717) is 22.7 Å². The second-order valence-corrected chi connectivity index (χ2v) is 5.14. The van der Waals surface area contributed by atoms with Gasteiger partial charge in [0.25, 0.3) is 0 Å².